The molecular formula is C14H10FNO2. The molecule has 0 aliphatic carbocycles. The van der Waals surface area contributed by atoms with E-state index in [9.17, 15) is 9.18 Å². The number of furan rings is 1. The van der Waals surface area contributed by atoms with E-state index in [1.807, 2.05) is 0 Å². The summed E-state index contributed by atoms with van der Waals surface area (Å²) in [6, 6.07) is 5.95. The summed E-state index contributed by atoms with van der Waals surface area (Å²) in [5.41, 5.74) is 1.66. The van der Waals surface area contributed by atoms with E-state index < -0.39 is 0 Å². The van der Waals surface area contributed by atoms with Gasteiger partial charge in [-0.25, -0.2) is 4.39 Å². The Hall–Kier alpha value is -2.36. The molecule has 2 heterocycles. The number of hydrogen-bond donors (Lipinski definition) is 1. The number of rotatable bonds is 2. The predicted octanol–water partition coefficient (Wildman–Crippen LogP) is 3.44. The Labute approximate surface area is 102 Å². The second-order valence-electron chi connectivity index (χ2n) is 4.11. The van der Waals surface area contributed by atoms with Crippen LogP contribution in [0.15, 0.2) is 41.1 Å². The third kappa shape index (κ3) is 1.54. The molecule has 4 heteroatoms. The molecule has 0 amide bonds. The van der Waals surface area contributed by atoms with Gasteiger partial charge >= 0.3 is 0 Å². The minimum absolute atomic E-state index is 0.126. The van der Waals surface area contributed by atoms with Crippen LogP contribution in [0, 0.1) is 12.7 Å². The van der Waals surface area contributed by atoms with Crippen LogP contribution in [0.3, 0.4) is 0 Å². The topological polar surface area (TPSA) is 46.0 Å². The molecule has 0 atom stereocenters. The number of ketones is 1. The summed E-state index contributed by atoms with van der Waals surface area (Å²) in [7, 11) is 0. The standard InChI is InChI=1S/C14H10FNO2/c1-8-10(4-5-18-8)14(17)12-7-16-13-6-9(15)2-3-11(12)13/h2-7,16H,1H3. The minimum atomic E-state index is -0.331. The second-order valence-corrected chi connectivity index (χ2v) is 4.11. The maximum atomic E-state index is 13.1. The van der Waals surface area contributed by atoms with Crippen LogP contribution in [-0.2, 0) is 0 Å². The third-order valence-electron chi connectivity index (χ3n) is 2.99. The zero-order valence-electron chi connectivity index (χ0n) is 9.66. The first kappa shape index (κ1) is 10.8. The van der Waals surface area contributed by atoms with Crippen molar-refractivity contribution in [2.45, 2.75) is 6.92 Å². The van der Waals surface area contributed by atoms with Crippen molar-refractivity contribution in [3.8, 4) is 0 Å². The van der Waals surface area contributed by atoms with E-state index in [-0.39, 0.29) is 11.6 Å². The Morgan fingerprint density at radius 2 is 2.11 bits per heavy atom. The van der Waals surface area contributed by atoms with E-state index in [1.165, 1.54) is 18.4 Å². The molecule has 1 aromatic carbocycles. The summed E-state index contributed by atoms with van der Waals surface area (Å²) in [5.74, 6) is 0.124. The van der Waals surface area contributed by atoms with Gasteiger partial charge in [0.05, 0.1) is 11.8 Å². The molecule has 0 fully saturated rings. The molecule has 0 bridgehead atoms. The van der Waals surface area contributed by atoms with Gasteiger partial charge in [-0.05, 0) is 31.2 Å². The predicted molar refractivity (Wildman–Crippen MR) is 65.1 cm³/mol. The lowest BCUT2D eigenvalue weighted by atomic mass is 10.0. The normalized spacial score (nSPS) is 11.0. The quantitative estimate of drug-likeness (QED) is 0.701. The first-order chi connectivity index (χ1) is 8.66. The first-order valence-electron chi connectivity index (χ1n) is 5.52. The average molecular weight is 243 g/mol. The van der Waals surface area contributed by atoms with Crippen LogP contribution in [0.2, 0.25) is 0 Å². The van der Waals surface area contributed by atoms with E-state index >= 15 is 0 Å². The number of halogens is 1. The van der Waals surface area contributed by atoms with Crippen LogP contribution in [0.5, 0.6) is 0 Å². The highest BCUT2D eigenvalue weighted by Crippen LogP contribution is 2.23. The van der Waals surface area contributed by atoms with Gasteiger partial charge in [0.2, 0.25) is 0 Å². The van der Waals surface area contributed by atoms with Gasteiger partial charge in [0, 0.05) is 22.7 Å². The van der Waals surface area contributed by atoms with Gasteiger partial charge in [-0.1, -0.05) is 0 Å². The van der Waals surface area contributed by atoms with E-state index in [0.29, 0.717) is 27.8 Å². The van der Waals surface area contributed by atoms with Crippen molar-refractivity contribution in [1.82, 2.24) is 4.98 Å². The molecular weight excluding hydrogens is 233 g/mol. The lowest BCUT2D eigenvalue weighted by molar-refractivity contribution is 0.103. The van der Waals surface area contributed by atoms with Crippen molar-refractivity contribution in [1.29, 1.82) is 0 Å². The maximum Gasteiger partial charge on any atom is 0.198 e. The van der Waals surface area contributed by atoms with Crippen molar-refractivity contribution in [2.75, 3.05) is 0 Å². The van der Waals surface area contributed by atoms with Gasteiger partial charge in [-0.2, -0.15) is 0 Å². The summed E-state index contributed by atoms with van der Waals surface area (Å²) >= 11 is 0. The Morgan fingerprint density at radius 1 is 1.28 bits per heavy atom. The SMILES string of the molecule is Cc1occc1C(=O)c1c[nH]c2cc(F)ccc12. The van der Waals surface area contributed by atoms with Gasteiger partial charge in [-0.15, -0.1) is 0 Å². The van der Waals surface area contributed by atoms with Crippen LogP contribution in [0.4, 0.5) is 4.39 Å². The zero-order chi connectivity index (χ0) is 12.7. The number of nitrogens with one attached hydrogen (secondary N) is 1. The Bertz CT molecular complexity index is 739. The fourth-order valence-corrected chi connectivity index (χ4v) is 2.05. The summed E-state index contributed by atoms with van der Waals surface area (Å²) in [6.07, 6.45) is 3.08. The summed E-state index contributed by atoms with van der Waals surface area (Å²) in [6.45, 7) is 1.74. The number of aromatic amines is 1. The lowest BCUT2D eigenvalue weighted by Crippen LogP contribution is -2.00. The van der Waals surface area contributed by atoms with Crippen molar-refractivity contribution in [3.63, 3.8) is 0 Å². The molecule has 3 rings (SSSR count). The van der Waals surface area contributed by atoms with E-state index in [1.54, 1.807) is 25.3 Å². The molecule has 90 valence electrons. The molecule has 3 nitrogen and oxygen atoms in total. The smallest absolute Gasteiger partial charge is 0.198 e. The third-order valence-corrected chi connectivity index (χ3v) is 2.99. The molecule has 0 aliphatic rings. The van der Waals surface area contributed by atoms with Gasteiger partial charge in [0.15, 0.2) is 5.78 Å². The highest BCUT2D eigenvalue weighted by molar-refractivity contribution is 6.16. The monoisotopic (exact) mass is 243 g/mol. The molecule has 0 unspecified atom stereocenters. The van der Waals surface area contributed by atoms with Crippen molar-refractivity contribution < 1.29 is 13.6 Å². The zero-order valence-corrected chi connectivity index (χ0v) is 9.66. The molecule has 2 aromatic heterocycles. The second kappa shape index (κ2) is 3.84. The number of fused-ring (bicyclic) bond motifs is 1. The van der Waals surface area contributed by atoms with Gasteiger partial charge in [0.1, 0.15) is 11.6 Å². The van der Waals surface area contributed by atoms with Gasteiger partial charge in [0.25, 0.3) is 0 Å². The van der Waals surface area contributed by atoms with Crippen LogP contribution in [0.25, 0.3) is 10.9 Å². The summed E-state index contributed by atoms with van der Waals surface area (Å²) in [4.78, 5) is 15.2. The molecule has 3 aromatic rings. The molecule has 1 N–H and O–H groups in total. The van der Waals surface area contributed by atoms with Crippen molar-refractivity contribution in [3.05, 3.63) is 59.4 Å². The molecule has 18 heavy (non-hydrogen) atoms. The Balaban J connectivity index is 2.16. The van der Waals surface area contributed by atoms with E-state index in [2.05, 4.69) is 4.98 Å². The van der Waals surface area contributed by atoms with Crippen molar-refractivity contribution >= 4 is 16.7 Å². The average Bonchev–Trinajstić information content (AvgIpc) is 2.94. The number of carbonyl (C=O) groups is 1. The van der Waals surface area contributed by atoms with E-state index in [0.717, 1.165) is 0 Å². The fourth-order valence-electron chi connectivity index (χ4n) is 2.05. The van der Waals surface area contributed by atoms with Crippen molar-refractivity contribution in [2.24, 2.45) is 0 Å². The van der Waals surface area contributed by atoms with Crippen LogP contribution in [-0.4, -0.2) is 10.8 Å². The minimum Gasteiger partial charge on any atom is -0.469 e. The van der Waals surface area contributed by atoms with E-state index in [4.69, 9.17) is 4.42 Å². The largest absolute Gasteiger partial charge is 0.469 e. The first-order valence-corrected chi connectivity index (χ1v) is 5.52. The summed E-state index contributed by atoms with van der Waals surface area (Å²) in [5, 5.41) is 0.710. The molecule has 0 radical (unpaired) electrons. The molecule has 0 saturated heterocycles. The fraction of sp³-hybridized carbons (Fsp3) is 0.0714. The Morgan fingerprint density at radius 3 is 2.83 bits per heavy atom. The molecule has 0 saturated carbocycles. The number of aryl methyl sites for hydroxylation is 1. The van der Waals surface area contributed by atoms with Crippen LogP contribution >= 0.6 is 0 Å². The molecule has 0 aliphatic heterocycles. The number of H-pyrrole nitrogens is 1. The maximum absolute atomic E-state index is 13.1. The van der Waals surface area contributed by atoms with Crippen LogP contribution in [0.1, 0.15) is 21.7 Å². The number of benzene rings is 1. The number of carbonyl (C=O) groups excluding carboxylic acids is 1. The van der Waals surface area contributed by atoms with Crippen LogP contribution < -0.4 is 0 Å². The van der Waals surface area contributed by atoms with Gasteiger partial charge in [-0.3, -0.25) is 4.79 Å². The van der Waals surface area contributed by atoms with Gasteiger partial charge < -0.3 is 9.40 Å². The Kier molecular flexibility index (Phi) is 2.30. The highest BCUT2D eigenvalue weighted by atomic mass is 19.1. The number of hydrogen-bond acceptors (Lipinski definition) is 2. The summed E-state index contributed by atoms with van der Waals surface area (Å²) < 4.78 is 18.2. The highest BCUT2D eigenvalue weighted by Gasteiger charge is 2.17. The number of aromatic nitrogens is 1. The lowest BCUT2D eigenvalue weighted by Gasteiger charge is -1.97. The molecule has 0 spiro atoms.